The molecule has 0 N–H and O–H groups in total. The normalized spacial score (nSPS) is 11.5. The molecule has 1 aromatic heterocycles. The van der Waals surface area contributed by atoms with Gasteiger partial charge in [-0.1, -0.05) is 12.1 Å². The molecule has 3 rings (SSSR count). The molecule has 2 aromatic carbocycles. The smallest absolute Gasteiger partial charge is 0.427 e. The largest absolute Gasteiger partial charge is 0.493 e. The quantitative estimate of drug-likeness (QED) is 0.642. The SMILES string of the molecule is COc1ccc(/C(C)=C/C(=O)n2c(=O)oc3ccccc32)c(OC)c1OC. The van der Waals surface area contributed by atoms with Gasteiger partial charge in [0.25, 0.3) is 5.91 Å². The highest BCUT2D eigenvalue weighted by molar-refractivity contribution is 6.01. The van der Waals surface area contributed by atoms with Crippen LogP contribution < -0.4 is 20.0 Å². The summed E-state index contributed by atoms with van der Waals surface area (Å²) in [5.74, 6) is 0.115. The van der Waals surface area contributed by atoms with Crippen LogP contribution in [0.25, 0.3) is 16.7 Å². The standard InChI is InChI=1S/C20H19NO6/c1-12(13-9-10-16(24-2)19(26-4)18(13)25-3)11-17(22)21-14-7-5-6-8-15(14)27-20(21)23/h5-11H,1-4H3/b12-11+. The molecule has 0 amide bonds. The molecule has 0 unspecified atom stereocenters. The van der Waals surface area contributed by atoms with E-state index in [4.69, 9.17) is 18.6 Å². The molecule has 0 fully saturated rings. The number of ether oxygens (including phenoxy) is 3. The average Bonchev–Trinajstić information content (AvgIpc) is 3.02. The number of carbonyl (C=O) groups excluding carboxylic acids is 1. The van der Waals surface area contributed by atoms with Gasteiger partial charge in [0.2, 0.25) is 5.75 Å². The third-order valence-electron chi connectivity index (χ3n) is 4.18. The van der Waals surface area contributed by atoms with E-state index in [2.05, 4.69) is 0 Å². The van der Waals surface area contributed by atoms with Crippen LogP contribution in [-0.2, 0) is 0 Å². The van der Waals surface area contributed by atoms with Crippen molar-refractivity contribution in [1.29, 1.82) is 0 Å². The van der Waals surface area contributed by atoms with Crippen molar-refractivity contribution in [2.75, 3.05) is 21.3 Å². The van der Waals surface area contributed by atoms with Gasteiger partial charge in [0.15, 0.2) is 17.1 Å². The maximum absolute atomic E-state index is 12.7. The van der Waals surface area contributed by atoms with Crippen LogP contribution in [0.1, 0.15) is 17.3 Å². The minimum absolute atomic E-state index is 0.352. The number of allylic oxidation sites excluding steroid dienone is 2. The fourth-order valence-corrected chi connectivity index (χ4v) is 2.91. The van der Waals surface area contributed by atoms with E-state index >= 15 is 0 Å². The third kappa shape index (κ3) is 3.19. The number of nitrogens with zero attached hydrogens (tertiary/aromatic N) is 1. The van der Waals surface area contributed by atoms with E-state index in [9.17, 15) is 9.59 Å². The summed E-state index contributed by atoms with van der Waals surface area (Å²) in [5, 5.41) is 0. The first-order valence-electron chi connectivity index (χ1n) is 8.14. The van der Waals surface area contributed by atoms with Crippen molar-refractivity contribution in [3.8, 4) is 17.2 Å². The molecular formula is C20H19NO6. The first kappa shape index (κ1) is 18.3. The summed E-state index contributed by atoms with van der Waals surface area (Å²) in [5.41, 5.74) is 2.00. The minimum Gasteiger partial charge on any atom is -0.493 e. The second-order valence-electron chi connectivity index (χ2n) is 5.72. The number of hydrogen-bond donors (Lipinski definition) is 0. The van der Waals surface area contributed by atoms with E-state index in [1.807, 2.05) is 0 Å². The van der Waals surface area contributed by atoms with Gasteiger partial charge in [-0.2, -0.15) is 0 Å². The Morgan fingerprint density at radius 2 is 1.70 bits per heavy atom. The highest BCUT2D eigenvalue weighted by Crippen LogP contribution is 2.42. The Hall–Kier alpha value is -3.48. The van der Waals surface area contributed by atoms with Crippen molar-refractivity contribution in [3.05, 3.63) is 58.6 Å². The molecule has 0 atom stereocenters. The van der Waals surface area contributed by atoms with E-state index in [1.165, 1.54) is 27.4 Å². The Labute approximate surface area is 155 Å². The van der Waals surface area contributed by atoms with E-state index in [1.54, 1.807) is 43.3 Å². The first-order valence-corrected chi connectivity index (χ1v) is 8.14. The van der Waals surface area contributed by atoms with Crippen molar-refractivity contribution in [2.24, 2.45) is 0 Å². The summed E-state index contributed by atoms with van der Waals surface area (Å²) in [6, 6.07) is 10.2. The summed E-state index contributed by atoms with van der Waals surface area (Å²) in [6.07, 6.45) is 1.35. The van der Waals surface area contributed by atoms with Crippen molar-refractivity contribution < 1.29 is 23.4 Å². The zero-order chi connectivity index (χ0) is 19.6. The highest BCUT2D eigenvalue weighted by Gasteiger charge is 2.19. The van der Waals surface area contributed by atoms with Gasteiger partial charge in [0.05, 0.1) is 26.8 Å². The highest BCUT2D eigenvalue weighted by atomic mass is 16.5. The van der Waals surface area contributed by atoms with Crippen molar-refractivity contribution in [3.63, 3.8) is 0 Å². The maximum Gasteiger partial charge on any atom is 0.427 e. The number of benzene rings is 2. The van der Waals surface area contributed by atoms with Crippen LogP contribution in [-0.4, -0.2) is 31.8 Å². The van der Waals surface area contributed by atoms with Crippen LogP contribution in [0.2, 0.25) is 0 Å². The van der Waals surface area contributed by atoms with Crippen LogP contribution in [0.15, 0.2) is 51.7 Å². The number of carbonyl (C=O) groups is 1. The predicted molar refractivity (Wildman–Crippen MR) is 101 cm³/mol. The van der Waals surface area contributed by atoms with Crippen molar-refractivity contribution in [1.82, 2.24) is 4.57 Å². The van der Waals surface area contributed by atoms with E-state index in [0.717, 1.165) is 4.57 Å². The predicted octanol–water partition coefficient (Wildman–Crippen LogP) is 3.36. The van der Waals surface area contributed by atoms with Crippen LogP contribution >= 0.6 is 0 Å². The molecule has 3 aromatic rings. The topological polar surface area (TPSA) is 79.9 Å². The Kier molecular flexibility index (Phi) is 5.03. The van der Waals surface area contributed by atoms with Crippen LogP contribution in [0.4, 0.5) is 0 Å². The second-order valence-corrected chi connectivity index (χ2v) is 5.72. The van der Waals surface area contributed by atoms with E-state index in [0.29, 0.717) is 39.5 Å². The Balaban J connectivity index is 2.09. The number of aromatic nitrogens is 1. The van der Waals surface area contributed by atoms with Gasteiger partial charge in [0, 0.05) is 11.6 Å². The molecule has 1 heterocycles. The molecule has 140 valence electrons. The number of hydrogen-bond acceptors (Lipinski definition) is 6. The van der Waals surface area contributed by atoms with E-state index < -0.39 is 11.7 Å². The summed E-state index contributed by atoms with van der Waals surface area (Å²) in [7, 11) is 4.54. The summed E-state index contributed by atoms with van der Waals surface area (Å²) in [4.78, 5) is 24.8. The lowest BCUT2D eigenvalue weighted by molar-refractivity contribution is 0.0966. The fourth-order valence-electron chi connectivity index (χ4n) is 2.91. The molecule has 0 aliphatic carbocycles. The fraction of sp³-hybridized carbons (Fsp3) is 0.200. The molecule has 0 radical (unpaired) electrons. The maximum atomic E-state index is 12.7. The molecule has 0 saturated carbocycles. The van der Waals surface area contributed by atoms with Crippen LogP contribution in [0, 0.1) is 0 Å². The molecule has 27 heavy (non-hydrogen) atoms. The molecule has 0 bridgehead atoms. The molecule has 0 saturated heterocycles. The van der Waals surface area contributed by atoms with Crippen molar-refractivity contribution >= 4 is 22.6 Å². The number of para-hydroxylation sites is 2. The lowest BCUT2D eigenvalue weighted by atomic mass is 10.0. The third-order valence-corrected chi connectivity index (χ3v) is 4.18. The van der Waals surface area contributed by atoms with Crippen LogP contribution in [0.3, 0.4) is 0 Å². The zero-order valence-corrected chi connectivity index (χ0v) is 15.4. The number of rotatable bonds is 5. The molecule has 7 nitrogen and oxygen atoms in total. The molecule has 0 spiro atoms. The second kappa shape index (κ2) is 7.41. The van der Waals surface area contributed by atoms with Gasteiger partial charge in [-0.15, -0.1) is 0 Å². The van der Waals surface area contributed by atoms with Crippen molar-refractivity contribution in [2.45, 2.75) is 6.92 Å². The Morgan fingerprint density at radius 1 is 1.00 bits per heavy atom. The van der Waals surface area contributed by atoms with Gasteiger partial charge in [-0.05, 0) is 36.8 Å². The zero-order valence-electron chi connectivity index (χ0n) is 15.4. The molecule has 7 heteroatoms. The first-order chi connectivity index (χ1) is 13.0. The van der Waals surface area contributed by atoms with Gasteiger partial charge in [-0.3, -0.25) is 4.79 Å². The number of oxazole rings is 1. The molecule has 0 aliphatic heterocycles. The summed E-state index contributed by atoms with van der Waals surface area (Å²) >= 11 is 0. The molecular weight excluding hydrogens is 350 g/mol. The Morgan fingerprint density at radius 3 is 2.37 bits per heavy atom. The monoisotopic (exact) mass is 369 g/mol. The lowest BCUT2D eigenvalue weighted by Crippen LogP contribution is -2.20. The van der Waals surface area contributed by atoms with Gasteiger partial charge in [0.1, 0.15) is 0 Å². The molecule has 0 aliphatic rings. The lowest BCUT2D eigenvalue weighted by Gasteiger charge is -2.16. The minimum atomic E-state index is -0.732. The summed E-state index contributed by atoms with van der Waals surface area (Å²) in [6.45, 7) is 1.75. The number of methoxy groups -OCH3 is 3. The van der Waals surface area contributed by atoms with Crippen LogP contribution in [0.5, 0.6) is 17.2 Å². The van der Waals surface area contributed by atoms with Gasteiger partial charge < -0.3 is 18.6 Å². The summed E-state index contributed by atoms with van der Waals surface area (Å²) < 4.78 is 22.2. The number of fused-ring (bicyclic) bond motifs is 1. The van der Waals surface area contributed by atoms with E-state index in [-0.39, 0.29) is 0 Å². The Bertz CT molecular complexity index is 1090. The van der Waals surface area contributed by atoms with Gasteiger partial charge >= 0.3 is 5.76 Å². The van der Waals surface area contributed by atoms with Gasteiger partial charge in [-0.25, -0.2) is 9.36 Å². The average molecular weight is 369 g/mol.